The quantitative estimate of drug-likeness (QED) is 0.260. The predicted molar refractivity (Wildman–Crippen MR) is 124 cm³/mol. The molecule has 0 saturated heterocycles. The number of benzene rings is 1. The van der Waals surface area contributed by atoms with Crippen molar-refractivity contribution in [2.45, 2.75) is 77.6 Å². The Balaban J connectivity index is 1.79. The molecule has 0 aromatic heterocycles. The standard InChI is InChI=1S/C23H38N2O3S/c1-20-13-15-21(16-14-20)25-23(28)24-17-11-9-7-5-3-2-4-6-8-10-12-18-29-19-22(26)27/h13-16H,2-12,17-19H2,1H3,(H,26,27)(H2,24,25,28). The van der Waals surface area contributed by atoms with Gasteiger partial charge in [-0.25, -0.2) is 4.79 Å². The third-order valence-electron chi connectivity index (χ3n) is 4.79. The summed E-state index contributed by atoms with van der Waals surface area (Å²) in [6.07, 6.45) is 13.5. The van der Waals surface area contributed by atoms with Gasteiger partial charge in [-0.15, -0.1) is 0 Å². The van der Waals surface area contributed by atoms with E-state index < -0.39 is 5.97 Å². The number of carboxylic acids is 1. The Labute approximate surface area is 180 Å². The zero-order valence-corrected chi connectivity index (χ0v) is 18.7. The summed E-state index contributed by atoms with van der Waals surface area (Å²) in [7, 11) is 0. The third-order valence-corrected chi connectivity index (χ3v) is 5.81. The van der Waals surface area contributed by atoms with E-state index in [9.17, 15) is 9.59 Å². The number of hydrogen-bond acceptors (Lipinski definition) is 3. The minimum atomic E-state index is -0.713. The number of urea groups is 1. The summed E-state index contributed by atoms with van der Waals surface area (Å²) in [5, 5.41) is 14.3. The minimum Gasteiger partial charge on any atom is -0.481 e. The molecule has 0 heterocycles. The van der Waals surface area contributed by atoms with E-state index in [1.54, 1.807) is 0 Å². The largest absolute Gasteiger partial charge is 0.481 e. The zero-order chi connectivity index (χ0) is 21.2. The minimum absolute atomic E-state index is 0.130. The highest BCUT2D eigenvalue weighted by atomic mass is 32.2. The van der Waals surface area contributed by atoms with Gasteiger partial charge in [0.25, 0.3) is 0 Å². The fraction of sp³-hybridized carbons (Fsp3) is 0.652. The van der Waals surface area contributed by atoms with E-state index >= 15 is 0 Å². The van der Waals surface area contributed by atoms with Gasteiger partial charge in [0.15, 0.2) is 0 Å². The lowest BCUT2D eigenvalue weighted by atomic mass is 10.1. The number of unbranched alkanes of at least 4 members (excludes halogenated alkanes) is 10. The fourth-order valence-corrected chi connectivity index (χ4v) is 3.82. The first-order valence-corrected chi connectivity index (χ1v) is 12.1. The number of carboxylic acid groups (broad SMARTS) is 1. The molecule has 0 saturated carbocycles. The van der Waals surface area contributed by atoms with Crippen molar-refractivity contribution in [1.29, 1.82) is 0 Å². The van der Waals surface area contributed by atoms with Gasteiger partial charge in [0.2, 0.25) is 0 Å². The molecule has 164 valence electrons. The van der Waals surface area contributed by atoms with E-state index in [0.29, 0.717) is 0 Å². The van der Waals surface area contributed by atoms with Crippen LogP contribution in [0.5, 0.6) is 0 Å². The number of thioether (sulfide) groups is 1. The van der Waals surface area contributed by atoms with Gasteiger partial charge < -0.3 is 15.7 Å². The normalized spacial score (nSPS) is 10.7. The second-order valence-electron chi connectivity index (χ2n) is 7.58. The average Bonchev–Trinajstić information content (AvgIpc) is 2.69. The van der Waals surface area contributed by atoms with Crippen LogP contribution in [0.4, 0.5) is 10.5 Å². The monoisotopic (exact) mass is 422 g/mol. The number of nitrogens with one attached hydrogen (secondary N) is 2. The molecule has 0 radical (unpaired) electrons. The first-order valence-electron chi connectivity index (χ1n) is 11.0. The zero-order valence-electron chi connectivity index (χ0n) is 17.9. The third kappa shape index (κ3) is 15.9. The molecule has 0 aliphatic carbocycles. The fourth-order valence-electron chi connectivity index (χ4n) is 3.09. The number of aryl methyl sites for hydroxylation is 1. The number of aliphatic carboxylic acids is 1. The number of amides is 2. The maximum absolute atomic E-state index is 11.8. The molecular formula is C23H38N2O3S. The SMILES string of the molecule is Cc1ccc(NC(=O)NCCCCCCCCCCCCCSCC(=O)O)cc1. The summed E-state index contributed by atoms with van der Waals surface area (Å²) in [4.78, 5) is 22.2. The Morgan fingerprint density at radius 1 is 0.828 bits per heavy atom. The summed E-state index contributed by atoms with van der Waals surface area (Å²) in [5.74, 6) is 0.487. The molecule has 0 fully saturated rings. The van der Waals surface area contributed by atoms with Crippen LogP contribution in [0.15, 0.2) is 24.3 Å². The molecule has 3 N–H and O–H groups in total. The Hall–Kier alpha value is -1.69. The lowest BCUT2D eigenvalue weighted by Crippen LogP contribution is -2.29. The molecule has 0 aliphatic heterocycles. The van der Waals surface area contributed by atoms with Crippen LogP contribution in [0.1, 0.15) is 76.2 Å². The highest BCUT2D eigenvalue weighted by Gasteiger charge is 2.01. The Bertz CT molecular complexity index is 564. The second kappa shape index (κ2) is 17.2. The highest BCUT2D eigenvalue weighted by Crippen LogP contribution is 2.13. The number of hydrogen-bond donors (Lipinski definition) is 3. The van der Waals surface area contributed by atoms with Crippen LogP contribution in [0, 0.1) is 6.92 Å². The van der Waals surface area contributed by atoms with Crippen molar-refractivity contribution in [3.05, 3.63) is 29.8 Å². The van der Waals surface area contributed by atoms with Gasteiger partial charge in [-0.1, -0.05) is 75.5 Å². The van der Waals surface area contributed by atoms with Gasteiger partial charge in [0, 0.05) is 12.2 Å². The van der Waals surface area contributed by atoms with Crippen LogP contribution >= 0.6 is 11.8 Å². The molecule has 0 aliphatic rings. The van der Waals surface area contributed by atoms with E-state index in [-0.39, 0.29) is 11.8 Å². The van der Waals surface area contributed by atoms with Crippen molar-refractivity contribution < 1.29 is 14.7 Å². The molecule has 0 unspecified atom stereocenters. The summed E-state index contributed by atoms with van der Waals surface area (Å²) >= 11 is 1.52. The summed E-state index contributed by atoms with van der Waals surface area (Å²) < 4.78 is 0. The second-order valence-corrected chi connectivity index (χ2v) is 8.69. The van der Waals surface area contributed by atoms with Crippen LogP contribution in [0.3, 0.4) is 0 Å². The van der Waals surface area contributed by atoms with Crippen LogP contribution in [0.2, 0.25) is 0 Å². The van der Waals surface area contributed by atoms with Crippen LogP contribution in [0.25, 0.3) is 0 Å². The van der Waals surface area contributed by atoms with E-state index in [4.69, 9.17) is 5.11 Å². The molecule has 1 aromatic carbocycles. The van der Waals surface area contributed by atoms with Crippen molar-refractivity contribution in [3.63, 3.8) is 0 Å². The van der Waals surface area contributed by atoms with Crippen molar-refractivity contribution in [2.24, 2.45) is 0 Å². The van der Waals surface area contributed by atoms with Gasteiger partial charge in [-0.05, 0) is 37.7 Å². The Morgan fingerprint density at radius 3 is 1.90 bits per heavy atom. The molecule has 1 aromatic rings. The van der Waals surface area contributed by atoms with E-state index in [0.717, 1.165) is 30.8 Å². The van der Waals surface area contributed by atoms with Crippen molar-refractivity contribution in [2.75, 3.05) is 23.4 Å². The topological polar surface area (TPSA) is 78.4 Å². The van der Waals surface area contributed by atoms with Gasteiger partial charge in [0.1, 0.15) is 0 Å². The molecular weight excluding hydrogens is 384 g/mol. The molecule has 0 bridgehead atoms. The lowest BCUT2D eigenvalue weighted by molar-refractivity contribution is -0.133. The molecule has 1 rings (SSSR count). The summed E-state index contributed by atoms with van der Waals surface area (Å²) in [5.41, 5.74) is 2.00. The maximum atomic E-state index is 11.8. The molecule has 2 amide bonds. The lowest BCUT2D eigenvalue weighted by Gasteiger charge is -2.08. The number of carbonyl (C=O) groups is 2. The van der Waals surface area contributed by atoms with E-state index in [1.807, 2.05) is 31.2 Å². The molecule has 5 nitrogen and oxygen atoms in total. The first-order chi connectivity index (χ1) is 14.1. The van der Waals surface area contributed by atoms with E-state index in [1.165, 1.54) is 75.1 Å². The number of rotatable bonds is 17. The average molecular weight is 423 g/mol. The molecule has 6 heteroatoms. The van der Waals surface area contributed by atoms with Crippen LogP contribution in [-0.4, -0.2) is 35.2 Å². The summed E-state index contributed by atoms with van der Waals surface area (Å²) in [6, 6.07) is 7.67. The van der Waals surface area contributed by atoms with Gasteiger partial charge in [0.05, 0.1) is 5.75 Å². The Morgan fingerprint density at radius 2 is 1.34 bits per heavy atom. The maximum Gasteiger partial charge on any atom is 0.319 e. The highest BCUT2D eigenvalue weighted by molar-refractivity contribution is 7.99. The van der Waals surface area contributed by atoms with Crippen molar-refractivity contribution >= 4 is 29.4 Å². The van der Waals surface area contributed by atoms with E-state index in [2.05, 4.69) is 10.6 Å². The Kier molecular flexibility index (Phi) is 15.0. The van der Waals surface area contributed by atoms with Gasteiger partial charge >= 0.3 is 12.0 Å². The molecule has 0 spiro atoms. The van der Waals surface area contributed by atoms with Crippen LogP contribution < -0.4 is 10.6 Å². The van der Waals surface area contributed by atoms with Gasteiger partial charge in [-0.3, -0.25) is 4.79 Å². The number of carbonyl (C=O) groups excluding carboxylic acids is 1. The van der Waals surface area contributed by atoms with Gasteiger partial charge in [-0.2, -0.15) is 11.8 Å². The summed E-state index contributed by atoms with van der Waals surface area (Å²) in [6.45, 7) is 2.75. The van der Waals surface area contributed by atoms with Crippen molar-refractivity contribution in [1.82, 2.24) is 5.32 Å². The number of anilines is 1. The van der Waals surface area contributed by atoms with Crippen molar-refractivity contribution in [3.8, 4) is 0 Å². The predicted octanol–water partition coefficient (Wildman–Crippen LogP) is 6.23. The van der Waals surface area contributed by atoms with Crippen LogP contribution in [-0.2, 0) is 4.79 Å². The molecule has 29 heavy (non-hydrogen) atoms. The molecule has 0 atom stereocenters. The first kappa shape index (κ1) is 25.3. The smallest absolute Gasteiger partial charge is 0.319 e.